The van der Waals surface area contributed by atoms with Crippen LogP contribution in [0.15, 0.2) is 18.2 Å². The third-order valence-corrected chi connectivity index (χ3v) is 3.31. The van der Waals surface area contributed by atoms with Crippen molar-refractivity contribution in [1.29, 1.82) is 0 Å². The molecule has 5 nitrogen and oxygen atoms in total. The highest BCUT2D eigenvalue weighted by molar-refractivity contribution is 6.60. The summed E-state index contributed by atoms with van der Waals surface area (Å²) in [7, 11) is -1.34. The first-order valence-electron chi connectivity index (χ1n) is 7.16. The third-order valence-electron chi connectivity index (χ3n) is 3.31. The molecule has 0 aromatic heterocycles. The number of carbonyl (C=O) groups is 2. The molecule has 0 saturated heterocycles. The Balaban J connectivity index is 3.52. The number of benzene rings is 1. The van der Waals surface area contributed by atoms with Crippen molar-refractivity contribution in [2.24, 2.45) is 16.7 Å². The van der Waals surface area contributed by atoms with E-state index in [0.717, 1.165) is 0 Å². The maximum atomic E-state index is 12.7. The molecular formula is C16H24BNO4. The minimum atomic E-state index is -1.34. The van der Waals surface area contributed by atoms with Gasteiger partial charge in [0, 0.05) is 22.0 Å². The van der Waals surface area contributed by atoms with Crippen LogP contribution in [0.3, 0.4) is 0 Å². The minimum absolute atomic E-state index is 0.130. The van der Waals surface area contributed by atoms with Crippen LogP contribution in [0.4, 0.5) is 0 Å². The van der Waals surface area contributed by atoms with Gasteiger partial charge in [-0.05, 0) is 5.46 Å². The Bertz CT molecular complexity index is 585. The Labute approximate surface area is 131 Å². The fourth-order valence-electron chi connectivity index (χ4n) is 1.99. The second kappa shape index (κ2) is 6.32. The van der Waals surface area contributed by atoms with Gasteiger partial charge in [-0.3, -0.25) is 9.59 Å². The SMILES string of the molecule is CC(C)(C)C(=O)c1ccc(B(O)ON)cc1C(=O)C(C)(C)C. The van der Waals surface area contributed by atoms with Crippen LogP contribution in [-0.2, 0) is 4.76 Å². The van der Waals surface area contributed by atoms with Gasteiger partial charge in [-0.2, -0.15) is 0 Å². The summed E-state index contributed by atoms with van der Waals surface area (Å²) in [6.45, 7) is 10.7. The molecule has 0 spiro atoms. The van der Waals surface area contributed by atoms with Gasteiger partial charge in [0.1, 0.15) is 0 Å². The molecule has 1 aromatic carbocycles. The van der Waals surface area contributed by atoms with Gasteiger partial charge in [0.15, 0.2) is 11.6 Å². The van der Waals surface area contributed by atoms with Gasteiger partial charge in [0.25, 0.3) is 0 Å². The lowest BCUT2D eigenvalue weighted by Crippen LogP contribution is -2.38. The second-order valence-electron chi connectivity index (χ2n) is 7.45. The Morgan fingerprint density at radius 1 is 1.00 bits per heavy atom. The zero-order chi connectivity index (χ0) is 17.3. The molecule has 22 heavy (non-hydrogen) atoms. The van der Waals surface area contributed by atoms with Crippen LogP contribution in [0.1, 0.15) is 62.3 Å². The molecule has 3 N–H and O–H groups in total. The minimum Gasteiger partial charge on any atom is -0.422 e. The topological polar surface area (TPSA) is 89.6 Å². The molecule has 0 aliphatic rings. The molecule has 0 radical (unpaired) electrons. The van der Waals surface area contributed by atoms with E-state index in [1.54, 1.807) is 47.6 Å². The van der Waals surface area contributed by atoms with E-state index in [4.69, 9.17) is 5.90 Å². The van der Waals surface area contributed by atoms with Gasteiger partial charge in [-0.25, -0.2) is 5.90 Å². The zero-order valence-corrected chi connectivity index (χ0v) is 14.1. The van der Waals surface area contributed by atoms with Crippen LogP contribution >= 0.6 is 0 Å². The molecule has 120 valence electrons. The zero-order valence-electron chi connectivity index (χ0n) is 14.1. The highest BCUT2D eigenvalue weighted by Crippen LogP contribution is 2.27. The first kappa shape index (κ1) is 18.6. The van der Waals surface area contributed by atoms with Gasteiger partial charge in [0.05, 0.1) is 0 Å². The van der Waals surface area contributed by atoms with Gasteiger partial charge in [-0.15, -0.1) is 0 Å². The average Bonchev–Trinajstić information content (AvgIpc) is 2.42. The molecule has 6 heteroatoms. The van der Waals surface area contributed by atoms with Crippen molar-refractivity contribution in [1.82, 2.24) is 0 Å². The Morgan fingerprint density at radius 3 is 1.86 bits per heavy atom. The van der Waals surface area contributed by atoms with E-state index in [2.05, 4.69) is 4.76 Å². The summed E-state index contributed by atoms with van der Waals surface area (Å²) in [6.07, 6.45) is 0. The lowest BCUT2D eigenvalue weighted by atomic mass is 9.74. The fourth-order valence-corrected chi connectivity index (χ4v) is 1.99. The van der Waals surface area contributed by atoms with Crippen molar-refractivity contribution in [3.05, 3.63) is 29.3 Å². The molecule has 0 aliphatic heterocycles. The highest BCUT2D eigenvalue weighted by Gasteiger charge is 2.32. The largest absolute Gasteiger partial charge is 0.508 e. The van der Waals surface area contributed by atoms with Crippen LogP contribution in [0.25, 0.3) is 0 Å². The molecule has 0 saturated carbocycles. The van der Waals surface area contributed by atoms with Crippen molar-refractivity contribution in [2.75, 3.05) is 0 Å². The molecule has 0 amide bonds. The molecule has 0 heterocycles. The lowest BCUT2D eigenvalue weighted by Gasteiger charge is -2.23. The Hall–Kier alpha value is -1.50. The van der Waals surface area contributed by atoms with Crippen molar-refractivity contribution in [3.8, 4) is 0 Å². The van der Waals surface area contributed by atoms with Crippen molar-refractivity contribution < 1.29 is 19.4 Å². The first-order valence-corrected chi connectivity index (χ1v) is 7.16. The molecule has 1 aromatic rings. The third kappa shape index (κ3) is 4.03. The molecule has 0 aliphatic carbocycles. The number of carbonyl (C=O) groups excluding carboxylic acids is 2. The highest BCUT2D eigenvalue weighted by atomic mass is 16.6. The van der Waals surface area contributed by atoms with E-state index in [-0.39, 0.29) is 17.1 Å². The van der Waals surface area contributed by atoms with Gasteiger partial charge >= 0.3 is 7.12 Å². The number of Topliss-reactive ketones (excluding diaryl/α,β-unsaturated/α-hetero) is 2. The summed E-state index contributed by atoms with van der Waals surface area (Å²) in [4.78, 5) is 25.3. The lowest BCUT2D eigenvalue weighted by molar-refractivity contribution is 0.0823. The summed E-state index contributed by atoms with van der Waals surface area (Å²) in [5.74, 6) is 4.68. The second-order valence-corrected chi connectivity index (χ2v) is 7.45. The van der Waals surface area contributed by atoms with Crippen LogP contribution in [0, 0.1) is 10.8 Å². The normalized spacial score (nSPS) is 12.2. The number of hydrogen-bond donors (Lipinski definition) is 2. The van der Waals surface area contributed by atoms with Crippen LogP contribution in [0.5, 0.6) is 0 Å². The van der Waals surface area contributed by atoms with Crippen LogP contribution < -0.4 is 11.4 Å². The van der Waals surface area contributed by atoms with E-state index in [1.165, 1.54) is 12.1 Å². The first-order chi connectivity index (χ1) is 9.89. The van der Waals surface area contributed by atoms with Gasteiger partial charge in [-0.1, -0.05) is 59.7 Å². The number of ketones is 2. The summed E-state index contributed by atoms with van der Waals surface area (Å²) in [5, 5.41) is 9.68. The summed E-state index contributed by atoms with van der Waals surface area (Å²) >= 11 is 0. The predicted molar refractivity (Wildman–Crippen MR) is 86.9 cm³/mol. The van der Waals surface area contributed by atoms with Gasteiger partial charge < -0.3 is 9.78 Å². The van der Waals surface area contributed by atoms with E-state index >= 15 is 0 Å². The maximum absolute atomic E-state index is 12.7. The maximum Gasteiger partial charge on any atom is 0.508 e. The molecule has 1 rings (SSSR count). The van der Waals surface area contributed by atoms with Crippen molar-refractivity contribution >= 4 is 24.1 Å². The smallest absolute Gasteiger partial charge is 0.422 e. The summed E-state index contributed by atoms with van der Waals surface area (Å²) < 4.78 is 4.38. The summed E-state index contributed by atoms with van der Waals surface area (Å²) in [5.41, 5.74) is -0.306. The molecule has 0 bridgehead atoms. The van der Waals surface area contributed by atoms with E-state index in [1.807, 2.05) is 0 Å². The standard InChI is InChI=1S/C16H24BNO4/c1-15(2,3)13(19)11-8-7-10(17(21)22-18)9-12(11)14(20)16(4,5)6/h7-9,21H,18H2,1-6H3. The Morgan fingerprint density at radius 2 is 1.45 bits per heavy atom. The molecular weight excluding hydrogens is 281 g/mol. The molecule has 0 atom stereocenters. The molecule has 0 unspecified atom stereocenters. The summed E-state index contributed by atoms with van der Waals surface area (Å²) in [6, 6.07) is 4.56. The van der Waals surface area contributed by atoms with Crippen LogP contribution in [-0.4, -0.2) is 23.7 Å². The predicted octanol–water partition coefficient (Wildman–Crippen LogP) is 1.72. The van der Waals surface area contributed by atoms with E-state index in [0.29, 0.717) is 11.0 Å². The van der Waals surface area contributed by atoms with E-state index < -0.39 is 17.9 Å². The van der Waals surface area contributed by atoms with Crippen molar-refractivity contribution in [3.63, 3.8) is 0 Å². The molecule has 0 fully saturated rings. The van der Waals surface area contributed by atoms with Crippen LogP contribution in [0.2, 0.25) is 0 Å². The van der Waals surface area contributed by atoms with E-state index in [9.17, 15) is 14.6 Å². The number of hydrogen-bond acceptors (Lipinski definition) is 5. The number of rotatable bonds is 4. The van der Waals surface area contributed by atoms with Gasteiger partial charge in [0.2, 0.25) is 0 Å². The average molecular weight is 305 g/mol. The number of nitrogens with two attached hydrogens (primary N) is 1. The Kier molecular flexibility index (Phi) is 5.33. The fraction of sp³-hybridized carbons (Fsp3) is 0.500. The monoisotopic (exact) mass is 305 g/mol. The van der Waals surface area contributed by atoms with Crippen molar-refractivity contribution in [2.45, 2.75) is 41.5 Å². The quantitative estimate of drug-likeness (QED) is 0.502.